The summed E-state index contributed by atoms with van der Waals surface area (Å²) >= 11 is 5.84. The smallest absolute Gasteiger partial charge is 0.340 e. The lowest BCUT2D eigenvalue weighted by Gasteiger charge is -2.09. The van der Waals surface area contributed by atoms with Crippen LogP contribution in [0.4, 0.5) is 5.69 Å². The second-order valence-electron chi connectivity index (χ2n) is 4.23. The van der Waals surface area contributed by atoms with E-state index in [1.807, 2.05) is 31.2 Å². The number of hydrogen-bond acceptors (Lipinski definition) is 3. The fourth-order valence-electron chi connectivity index (χ4n) is 1.70. The number of benzene rings is 2. The van der Waals surface area contributed by atoms with Crippen LogP contribution in [0.25, 0.3) is 0 Å². The van der Waals surface area contributed by atoms with E-state index in [-0.39, 0.29) is 6.61 Å². The predicted molar refractivity (Wildman–Crippen MR) is 76.2 cm³/mol. The summed E-state index contributed by atoms with van der Waals surface area (Å²) in [5, 5.41) is 0.456. The highest BCUT2D eigenvalue weighted by atomic mass is 35.5. The van der Waals surface area contributed by atoms with Crippen molar-refractivity contribution >= 4 is 23.3 Å². The maximum absolute atomic E-state index is 11.9. The van der Waals surface area contributed by atoms with Crippen molar-refractivity contribution in [3.8, 4) is 0 Å². The van der Waals surface area contributed by atoms with Crippen LogP contribution < -0.4 is 5.73 Å². The third-order valence-electron chi connectivity index (χ3n) is 2.86. The van der Waals surface area contributed by atoms with Crippen LogP contribution in [-0.2, 0) is 11.3 Å². The molecule has 0 atom stereocenters. The first-order valence-electron chi connectivity index (χ1n) is 5.84. The minimum absolute atomic E-state index is 0.220. The van der Waals surface area contributed by atoms with E-state index < -0.39 is 5.97 Å². The van der Waals surface area contributed by atoms with Crippen LogP contribution in [0.2, 0.25) is 5.02 Å². The Morgan fingerprint density at radius 2 is 2.00 bits per heavy atom. The predicted octanol–water partition coefficient (Wildman–Crippen LogP) is 3.59. The normalized spacial score (nSPS) is 10.2. The maximum atomic E-state index is 11.9. The van der Waals surface area contributed by atoms with E-state index in [4.69, 9.17) is 22.1 Å². The van der Waals surface area contributed by atoms with Gasteiger partial charge in [0.25, 0.3) is 0 Å². The van der Waals surface area contributed by atoms with E-state index in [1.54, 1.807) is 12.1 Å². The molecule has 0 saturated heterocycles. The number of nitrogens with two attached hydrogens (primary N) is 1. The zero-order chi connectivity index (χ0) is 13.8. The molecule has 2 rings (SSSR count). The zero-order valence-electron chi connectivity index (χ0n) is 10.5. The molecule has 2 N–H and O–H groups in total. The first kappa shape index (κ1) is 13.4. The molecular formula is C15H14ClNO2. The number of hydrogen-bond donors (Lipinski definition) is 1. The third-order valence-corrected chi connectivity index (χ3v) is 3.09. The highest BCUT2D eigenvalue weighted by Crippen LogP contribution is 2.19. The van der Waals surface area contributed by atoms with Crippen molar-refractivity contribution in [1.82, 2.24) is 0 Å². The Labute approximate surface area is 117 Å². The molecule has 0 bridgehead atoms. The quantitative estimate of drug-likeness (QED) is 0.688. The Kier molecular flexibility index (Phi) is 4.07. The summed E-state index contributed by atoms with van der Waals surface area (Å²) in [6.45, 7) is 2.19. The summed E-state index contributed by atoms with van der Waals surface area (Å²) in [6, 6.07) is 12.5. The fourth-order valence-corrected chi connectivity index (χ4v) is 1.87. The Hall–Kier alpha value is -2.00. The molecule has 0 aliphatic heterocycles. The Bertz CT molecular complexity index is 611. The summed E-state index contributed by atoms with van der Waals surface area (Å²) < 4.78 is 5.25. The first-order valence-corrected chi connectivity index (χ1v) is 6.22. The third kappa shape index (κ3) is 3.26. The van der Waals surface area contributed by atoms with Crippen molar-refractivity contribution in [1.29, 1.82) is 0 Å². The average molecular weight is 276 g/mol. The van der Waals surface area contributed by atoms with Crippen LogP contribution in [-0.4, -0.2) is 5.97 Å². The van der Waals surface area contributed by atoms with E-state index in [1.165, 1.54) is 6.07 Å². The summed E-state index contributed by atoms with van der Waals surface area (Å²) in [4.78, 5) is 11.9. The van der Waals surface area contributed by atoms with Crippen molar-refractivity contribution in [3.63, 3.8) is 0 Å². The molecule has 2 aromatic rings. The minimum atomic E-state index is -0.469. The molecular weight excluding hydrogens is 262 g/mol. The fraction of sp³-hybridized carbons (Fsp3) is 0.133. The Morgan fingerprint density at radius 1 is 1.26 bits per heavy atom. The van der Waals surface area contributed by atoms with E-state index in [0.29, 0.717) is 16.3 Å². The number of carbonyl (C=O) groups is 1. The van der Waals surface area contributed by atoms with Crippen LogP contribution in [0, 0.1) is 6.92 Å². The van der Waals surface area contributed by atoms with Gasteiger partial charge in [-0.3, -0.25) is 0 Å². The second-order valence-corrected chi connectivity index (χ2v) is 4.67. The van der Waals surface area contributed by atoms with Gasteiger partial charge in [-0.05, 0) is 36.2 Å². The molecule has 0 heterocycles. The van der Waals surface area contributed by atoms with Gasteiger partial charge in [-0.25, -0.2) is 4.79 Å². The zero-order valence-corrected chi connectivity index (χ0v) is 11.3. The van der Waals surface area contributed by atoms with Gasteiger partial charge in [0.1, 0.15) is 6.61 Å². The first-order chi connectivity index (χ1) is 9.08. The number of rotatable bonds is 3. The Balaban J connectivity index is 2.10. The topological polar surface area (TPSA) is 52.3 Å². The van der Waals surface area contributed by atoms with Gasteiger partial charge in [0, 0.05) is 10.7 Å². The van der Waals surface area contributed by atoms with E-state index in [9.17, 15) is 4.79 Å². The molecule has 0 amide bonds. The molecule has 2 aromatic carbocycles. The number of carbonyl (C=O) groups excluding carboxylic acids is 1. The number of ether oxygens (including phenoxy) is 1. The molecule has 0 saturated carbocycles. The molecule has 0 aliphatic carbocycles. The molecule has 0 aliphatic rings. The van der Waals surface area contributed by atoms with Gasteiger partial charge in [-0.1, -0.05) is 35.9 Å². The van der Waals surface area contributed by atoms with Gasteiger partial charge in [0.15, 0.2) is 0 Å². The van der Waals surface area contributed by atoms with E-state index in [0.717, 1.165) is 11.1 Å². The van der Waals surface area contributed by atoms with Crippen molar-refractivity contribution in [3.05, 3.63) is 64.2 Å². The van der Waals surface area contributed by atoms with E-state index in [2.05, 4.69) is 0 Å². The van der Waals surface area contributed by atoms with Crippen molar-refractivity contribution in [2.24, 2.45) is 0 Å². The lowest BCUT2D eigenvalue weighted by Crippen LogP contribution is -2.08. The molecule has 0 radical (unpaired) electrons. The minimum Gasteiger partial charge on any atom is -0.457 e. The SMILES string of the molecule is Cc1ccccc1COC(=O)c1cc(Cl)ccc1N. The molecule has 4 heteroatoms. The lowest BCUT2D eigenvalue weighted by atomic mass is 10.1. The monoisotopic (exact) mass is 275 g/mol. The summed E-state index contributed by atoms with van der Waals surface area (Å²) in [5.41, 5.74) is 8.43. The van der Waals surface area contributed by atoms with Crippen molar-refractivity contribution in [2.75, 3.05) is 5.73 Å². The highest BCUT2D eigenvalue weighted by Gasteiger charge is 2.12. The average Bonchev–Trinajstić information content (AvgIpc) is 2.40. The molecule has 0 aromatic heterocycles. The van der Waals surface area contributed by atoms with Gasteiger partial charge < -0.3 is 10.5 Å². The van der Waals surface area contributed by atoms with Gasteiger partial charge in [-0.15, -0.1) is 0 Å². The Morgan fingerprint density at radius 3 is 2.74 bits per heavy atom. The van der Waals surface area contributed by atoms with Crippen molar-refractivity contribution in [2.45, 2.75) is 13.5 Å². The molecule has 0 unspecified atom stereocenters. The van der Waals surface area contributed by atoms with Gasteiger partial charge in [0.05, 0.1) is 5.56 Å². The highest BCUT2D eigenvalue weighted by molar-refractivity contribution is 6.31. The number of nitrogen functional groups attached to an aromatic ring is 1. The largest absolute Gasteiger partial charge is 0.457 e. The molecule has 0 fully saturated rings. The molecule has 19 heavy (non-hydrogen) atoms. The van der Waals surface area contributed by atoms with Gasteiger partial charge >= 0.3 is 5.97 Å². The van der Waals surface area contributed by atoms with Crippen LogP contribution in [0.5, 0.6) is 0 Å². The molecule has 98 valence electrons. The maximum Gasteiger partial charge on any atom is 0.340 e. The van der Waals surface area contributed by atoms with Crippen LogP contribution in [0.15, 0.2) is 42.5 Å². The number of anilines is 1. The summed E-state index contributed by atoms with van der Waals surface area (Å²) in [6.07, 6.45) is 0. The molecule has 3 nitrogen and oxygen atoms in total. The number of halogens is 1. The molecule has 0 spiro atoms. The van der Waals surface area contributed by atoms with Crippen LogP contribution in [0.1, 0.15) is 21.5 Å². The van der Waals surface area contributed by atoms with Crippen molar-refractivity contribution < 1.29 is 9.53 Å². The standard InChI is InChI=1S/C15H14ClNO2/c1-10-4-2-3-5-11(10)9-19-15(18)13-8-12(16)6-7-14(13)17/h2-8H,9,17H2,1H3. The van der Waals surface area contributed by atoms with E-state index >= 15 is 0 Å². The second kappa shape index (κ2) is 5.76. The summed E-state index contributed by atoms with van der Waals surface area (Å²) in [7, 11) is 0. The lowest BCUT2D eigenvalue weighted by molar-refractivity contribution is 0.0473. The number of esters is 1. The van der Waals surface area contributed by atoms with Crippen LogP contribution >= 0.6 is 11.6 Å². The van der Waals surface area contributed by atoms with Crippen LogP contribution in [0.3, 0.4) is 0 Å². The summed E-state index contributed by atoms with van der Waals surface area (Å²) in [5.74, 6) is -0.469. The van der Waals surface area contributed by atoms with Gasteiger partial charge in [0.2, 0.25) is 0 Å². The number of aryl methyl sites for hydroxylation is 1. The van der Waals surface area contributed by atoms with Gasteiger partial charge in [-0.2, -0.15) is 0 Å².